The molecule has 1 aliphatic heterocycles. The van der Waals surface area contributed by atoms with E-state index in [1.54, 1.807) is 20.2 Å². The Balaban J connectivity index is 0.00000364. The lowest BCUT2D eigenvalue weighted by Gasteiger charge is -2.29. The topological polar surface area (TPSA) is 36.9 Å². The minimum absolute atomic E-state index is 0. The number of rotatable bonds is 5. The third kappa shape index (κ3) is 6.51. The molecule has 1 saturated heterocycles. The van der Waals surface area contributed by atoms with Crippen LogP contribution < -0.4 is 5.32 Å². The van der Waals surface area contributed by atoms with E-state index in [0.29, 0.717) is 18.0 Å². The first kappa shape index (κ1) is 24.0. The van der Waals surface area contributed by atoms with Crippen molar-refractivity contribution < 1.29 is 17.9 Å². The van der Waals surface area contributed by atoms with Crippen LogP contribution in [0.25, 0.3) is 0 Å². The average Bonchev–Trinajstić information content (AvgIpc) is 3.03. The fourth-order valence-corrected chi connectivity index (χ4v) is 3.25. The number of guanidine groups is 1. The summed E-state index contributed by atoms with van der Waals surface area (Å²) in [7, 11) is 3.43. The van der Waals surface area contributed by atoms with Gasteiger partial charge in [0.15, 0.2) is 5.96 Å². The molecule has 1 fully saturated rings. The molecule has 1 aromatic carbocycles. The molecule has 0 bridgehead atoms. The Kier molecular flexibility index (Phi) is 8.85. The van der Waals surface area contributed by atoms with Crippen molar-refractivity contribution in [2.45, 2.75) is 31.9 Å². The number of ether oxygens (including phenoxy) is 1. The summed E-state index contributed by atoms with van der Waals surface area (Å²) in [5.41, 5.74) is -0.438. The molecule has 1 atom stereocenters. The maximum Gasteiger partial charge on any atom is 0.416 e. The van der Waals surface area contributed by atoms with Crippen molar-refractivity contribution >= 4 is 29.9 Å². The van der Waals surface area contributed by atoms with Crippen molar-refractivity contribution in [1.29, 1.82) is 0 Å². The van der Waals surface area contributed by atoms with Gasteiger partial charge in [0, 0.05) is 45.1 Å². The van der Waals surface area contributed by atoms with Gasteiger partial charge >= 0.3 is 6.18 Å². The van der Waals surface area contributed by atoms with Crippen LogP contribution in [0.2, 0.25) is 0 Å². The highest BCUT2D eigenvalue weighted by Crippen LogP contribution is 2.32. The number of hydrogen-bond donors (Lipinski definition) is 1. The van der Waals surface area contributed by atoms with E-state index < -0.39 is 17.2 Å². The Morgan fingerprint density at radius 1 is 1.30 bits per heavy atom. The summed E-state index contributed by atoms with van der Waals surface area (Å²) in [6.45, 7) is 6.85. The highest BCUT2D eigenvalue weighted by atomic mass is 127. The van der Waals surface area contributed by atoms with E-state index in [1.807, 2.05) is 13.8 Å². The van der Waals surface area contributed by atoms with Crippen LogP contribution in [-0.2, 0) is 16.3 Å². The van der Waals surface area contributed by atoms with Gasteiger partial charge in [0.25, 0.3) is 0 Å². The number of aliphatic imine (C=N–C) groups is 1. The summed E-state index contributed by atoms with van der Waals surface area (Å²) in [5, 5.41) is 3.32. The monoisotopic (exact) mass is 499 g/mol. The van der Waals surface area contributed by atoms with Crippen molar-refractivity contribution in [3.05, 3.63) is 35.4 Å². The number of halogens is 4. The van der Waals surface area contributed by atoms with Crippen LogP contribution in [0.5, 0.6) is 0 Å². The number of nitrogens with one attached hydrogen (secondary N) is 1. The van der Waals surface area contributed by atoms with E-state index in [1.165, 1.54) is 12.1 Å². The second-order valence-corrected chi connectivity index (χ2v) is 7.42. The van der Waals surface area contributed by atoms with E-state index in [0.717, 1.165) is 38.1 Å². The molecule has 0 spiro atoms. The molecule has 8 heteroatoms. The maximum atomic E-state index is 13.0. The summed E-state index contributed by atoms with van der Waals surface area (Å²) in [6.07, 6.45) is -3.28. The number of nitrogens with zero attached hydrogens (tertiary/aromatic N) is 2. The van der Waals surface area contributed by atoms with Gasteiger partial charge in [-0.2, -0.15) is 13.2 Å². The number of methoxy groups -OCH3 is 1. The Bertz CT molecular complexity index is 635. The maximum absolute atomic E-state index is 13.0. The SMILES string of the molecule is CN=C(NCC(C)(C)c1cccc(C(F)(F)F)c1)N1CCC(COC)C1.I. The second-order valence-electron chi connectivity index (χ2n) is 7.42. The van der Waals surface area contributed by atoms with E-state index >= 15 is 0 Å². The zero-order chi connectivity index (χ0) is 19.4. The van der Waals surface area contributed by atoms with Crippen LogP contribution in [0.3, 0.4) is 0 Å². The summed E-state index contributed by atoms with van der Waals surface area (Å²) < 4.78 is 44.2. The van der Waals surface area contributed by atoms with E-state index in [2.05, 4.69) is 15.2 Å². The van der Waals surface area contributed by atoms with E-state index in [4.69, 9.17) is 4.74 Å². The first-order valence-electron chi connectivity index (χ1n) is 8.79. The quantitative estimate of drug-likeness (QED) is 0.376. The van der Waals surface area contributed by atoms with Crippen LogP contribution in [0.15, 0.2) is 29.3 Å². The minimum atomic E-state index is -4.33. The highest BCUT2D eigenvalue weighted by Gasteiger charge is 2.32. The number of hydrogen-bond acceptors (Lipinski definition) is 2. The average molecular weight is 499 g/mol. The predicted molar refractivity (Wildman–Crippen MR) is 113 cm³/mol. The van der Waals surface area contributed by atoms with Crippen molar-refractivity contribution in [3.8, 4) is 0 Å². The summed E-state index contributed by atoms with van der Waals surface area (Å²) in [5.74, 6) is 1.26. The molecule has 1 aliphatic rings. The molecule has 2 rings (SSSR count). The fourth-order valence-electron chi connectivity index (χ4n) is 3.25. The van der Waals surface area contributed by atoms with Crippen molar-refractivity contribution in [1.82, 2.24) is 10.2 Å². The Morgan fingerprint density at radius 3 is 2.56 bits per heavy atom. The van der Waals surface area contributed by atoms with Gasteiger partial charge in [0.05, 0.1) is 12.2 Å². The standard InChI is InChI=1S/C19H28F3N3O.HI/c1-18(2,15-6-5-7-16(10-15)19(20,21)22)13-24-17(23-3)25-9-8-14(11-25)12-26-4;/h5-7,10,14H,8-9,11-13H2,1-4H3,(H,23,24);1H. The Labute approximate surface area is 176 Å². The smallest absolute Gasteiger partial charge is 0.384 e. The Hall–Kier alpha value is -1.03. The summed E-state index contributed by atoms with van der Waals surface area (Å²) in [6, 6.07) is 5.54. The molecule has 0 amide bonds. The third-order valence-corrected chi connectivity index (χ3v) is 4.86. The van der Waals surface area contributed by atoms with E-state index in [-0.39, 0.29) is 24.0 Å². The highest BCUT2D eigenvalue weighted by molar-refractivity contribution is 14.0. The van der Waals surface area contributed by atoms with Gasteiger partial charge in [-0.25, -0.2) is 0 Å². The summed E-state index contributed by atoms with van der Waals surface area (Å²) >= 11 is 0. The lowest BCUT2D eigenvalue weighted by atomic mass is 9.84. The van der Waals surface area contributed by atoms with Gasteiger partial charge in [-0.3, -0.25) is 4.99 Å². The van der Waals surface area contributed by atoms with Gasteiger partial charge in [-0.1, -0.05) is 32.0 Å². The first-order valence-corrected chi connectivity index (χ1v) is 8.79. The number of likely N-dealkylation sites (tertiary alicyclic amines) is 1. The molecule has 1 N–H and O–H groups in total. The molecular weight excluding hydrogens is 470 g/mol. The first-order chi connectivity index (χ1) is 12.2. The summed E-state index contributed by atoms with van der Waals surface area (Å²) in [4.78, 5) is 6.50. The van der Waals surface area contributed by atoms with Crippen LogP contribution in [0.4, 0.5) is 13.2 Å². The number of alkyl halides is 3. The molecule has 1 aromatic rings. The fraction of sp³-hybridized carbons (Fsp3) is 0.632. The third-order valence-electron chi connectivity index (χ3n) is 4.86. The molecule has 0 radical (unpaired) electrons. The van der Waals surface area contributed by atoms with Gasteiger partial charge in [-0.05, 0) is 18.1 Å². The van der Waals surface area contributed by atoms with Crippen LogP contribution >= 0.6 is 24.0 Å². The van der Waals surface area contributed by atoms with Crippen molar-refractivity contribution in [2.75, 3.05) is 40.4 Å². The molecule has 27 heavy (non-hydrogen) atoms. The number of benzene rings is 1. The second kappa shape index (κ2) is 9.95. The van der Waals surface area contributed by atoms with Gasteiger partial charge < -0.3 is 15.0 Å². The lowest BCUT2D eigenvalue weighted by Crippen LogP contribution is -2.45. The zero-order valence-electron chi connectivity index (χ0n) is 16.3. The van der Waals surface area contributed by atoms with Crippen LogP contribution in [0.1, 0.15) is 31.4 Å². The van der Waals surface area contributed by atoms with Gasteiger partial charge in [-0.15, -0.1) is 24.0 Å². The lowest BCUT2D eigenvalue weighted by molar-refractivity contribution is -0.137. The molecule has 1 unspecified atom stereocenters. The van der Waals surface area contributed by atoms with Gasteiger partial charge in [0.1, 0.15) is 0 Å². The molecule has 1 heterocycles. The van der Waals surface area contributed by atoms with Gasteiger partial charge in [0.2, 0.25) is 0 Å². The minimum Gasteiger partial charge on any atom is -0.384 e. The Morgan fingerprint density at radius 2 is 1.96 bits per heavy atom. The predicted octanol–water partition coefficient (Wildman–Crippen LogP) is 4.14. The molecule has 154 valence electrons. The van der Waals surface area contributed by atoms with Crippen molar-refractivity contribution in [3.63, 3.8) is 0 Å². The normalized spacial score (nSPS) is 18.4. The molecular formula is C19H29F3IN3O. The molecule has 0 aromatic heterocycles. The zero-order valence-corrected chi connectivity index (χ0v) is 18.6. The molecule has 0 aliphatic carbocycles. The van der Waals surface area contributed by atoms with Crippen LogP contribution in [-0.4, -0.2) is 51.3 Å². The van der Waals surface area contributed by atoms with Crippen LogP contribution in [0, 0.1) is 5.92 Å². The molecule has 0 saturated carbocycles. The largest absolute Gasteiger partial charge is 0.416 e. The van der Waals surface area contributed by atoms with E-state index in [9.17, 15) is 13.2 Å². The van der Waals surface area contributed by atoms with Crippen molar-refractivity contribution in [2.24, 2.45) is 10.9 Å². The molecule has 4 nitrogen and oxygen atoms in total.